The van der Waals surface area contributed by atoms with E-state index in [1.54, 1.807) is 0 Å². The molecule has 2 rings (SSSR count). The molecule has 1 saturated heterocycles. The van der Waals surface area contributed by atoms with E-state index in [1.807, 2.05) is 44.2 Å². The number of aliphatic hydroxyl groups is 1. The molecule has 1 aliphatic rings. The number of likely N-dealkylation sites (tertiary alicyclic amines) is 1. The van der Waals surface area contributed by atoms with Crippen LogP contribution in [0.1, 0.15) is 38.7 Å². The van der Waals surface area contributed by atoms with Crippen LogP contribution in [-0.2, 0) is 5.60 Å². The molecule has 1 N–H and O–H groups in total. The molecular weight excluding hydrogens is 234 g/mol. The lowest BCUT2D eigenvalue weighted by Crippen LogP contribution is -2.50. The van der Waals surface area contributed by atoms with Crippen molar-refractivity contribution in [2.75, 3.05) is 13.1 Å². The Bertz CT molecular complexity index is 405. The van der Waals surface area contributed by atoms with Crippen molar-refractivity contribution in [1.29, 1.82) is 0 Å². The molecule has 0 radical (unpaired) electrons. The first kappa shape index (κ1) is 14.3. The number of allylic oxidation sites excluding steroid dienone is 1. The van der Waals surface area contributed by atoms with Crippen LogP contribution in [0.3, 0.4) is 0 Å². The van der Waals surface area contributed by atoms with Crippen LogP contribution < -0.4 is 0 Å². The number of nitrogens with zero attached hydrogens (tertiary/aromatic N) is 1. The van der Waals surface area contributed by atoms with Gasteiger partial charge >= 0.3 is 0 Å². The largest absolute Gasteiger partial charge is 0.383 e. The molecule has 0 saturated carbocycles. The Labute approximate surface area is 116 Å². The van der Waals surface area contributed by atoms with Crippen molar-refractivity contribution in [3.05, 3.63) is 48.0 Å². The van der Waals surface area contributed by atoms with Gasteiger partial charge in [-0.3, -0.25) is 4.90 Å². The Morgan fingerprint density at radius 1 is 1.16 bits per heavy atom. The van der Waals surface area contributed by atoms with Gasteiger partial charge in [0.25, 0.3) is 0 Å². The zero-order chi connectivity index (χ0) is 13.7. The minimum atomic E-state index is -0.842. The molecule has 0 aliphatic carbocycles. The summed E-state index contributed by atoms with van der Waals surface area (Å²) in [7, 11) is 0. The first-order valence-electron chi connectivity index (χ1n) is 7.31. The SMILES string of the molecule is C/C=C\C(N1CCCCC1)C(C)(O)c1ccccc1. The minimum Gasteiger partial charge on any atom is -0.383 e. The monoisotopic (exact) mass is 259 g/mol. The van der Waals surface area contributed by atoms with E-state index in [9.17, 15) is 5.11 Å². The molecule has 19 heavy (non-hydrogen) atoms. The highest BCUT2D eigenvalue weighted by Gasteiger charge is 2.36. The van der Waals surface area contributed by atoms with Gasteiger partial charge in [-0.1, -0.05) is 48.9 Å². The van der Waals surface area contributed by atoms with Crippen molar-refractivity contribution in [1.82, 2.24) is 4.90 Å². The summed E-state index contributed by atoms with van der Waals surface area (Å²) in [6, 6.07) is 10.1. The van der Waals surface area contributed by atoms with E-state index in [1.165, 1.54) is 19.3 Å². The second-order valence-corrected chi connectivity index (χ2v) is 5.58. The van der Waals surface area contributed by atoms with Crippen LogP contribution >= 0.6 is 0 Å². The fourth-order valence-corrected chi connectivity index (χ4v) is 2.99. The van der Waals surface area contributed by atoms with Gasteiger partial charge in [0.2, 0.25) is 0 Å². The third-order valence-corrected chi connectivity index (χ3v) is 4.09. The van der Waals surface area contributed by atoms with E-state index in [0.29, 0.717) is 0 Å². The van der Waals surface area contributed by atoms with Crippen molar-refractivity contribution in [2.45, 2.75) is 44.8 Å². The number of piperidine rings is 1. The average Bonchev–Trinajstić information content (AvgIpc) is 2.46. The first-order valence-corrected chi connectivity index (χ1v) is 7.31. The molecule has 1 aliphatic heterocycles. The van der Waals surface area contributed by atoms with Gasteiger partial charge in [0.1, 0.15) is 5.60 Å². The quantitative estimate of drug-likeness (QED) is 0.838. The first-order chi connectivity index (χ1) is 9.16. The Morgan fingerprint density at radius 2 is 1.79 bits per heavy atom. The van der Waals surface area contributed by atoms with Crippen LogP contribution in [0.4, 0.5) is 0 Å². The van der Waals surface area contributed by atoms with E-state index in [-0.39, 0.29) is 6.04 Å². The summed E-state index contributed by atoms with van der Waals surface area (Å²) in [4.78, 5) is 2.41. The van der Waals surface area contributed by atoms with Gasteiger partial charge in [-0.25, -0.2) is 0 Å². The summed E-state index contributed by atoms with van der Waals surface area (Å²) >= 11 is 0. The van der Waals surface area contributed by atoms with E-state index >= 15 is 0 Å². The lowest BCUT2D eigenvalue weighted by molar-refractivity contribution is -0.0241. The fraction of sp³-hybridized carbons (Fsp3) is 0.529. The predicted octanol–water partition coefficient (Wildman–Crippen LogP) is 3.32. The molecule has 0 amide bonds. The van der Waals surface area contributed by atoms with Crippen molar-refractivity contribution >= 4 is 0 Å². The molecule has 0 aromatic heterocycles. The van der Waals surface area contributed by atoms with Crippen molar-refractivity contribution < 1.29 is 5.11 Å². The van der Waals surface area contributed by atoms with Crippen LogP contribution in [0.25, 0.3) is 0 Å². The molecule has 2 nitrogen and oxygen atoms in total. The van der Waals surface area contributed by atoms with E-state index in [4.69, 9.17) is 0 Å². The Morgan fingerprint density at radius 3 is 2.37 bits per heavy atom. The topological polar surface area (TPSA) is 23.5 Å². The van der Waals surface area contributed by atoms with E-state index in [2.05, 4.69) is 17.1 Å². The maximum absolute atomic E-state index is 11.0. The Balaban J connectivity index is 2.26. The van der Waals surface area contributed by atoms with Crippen LogP contribution in [0, 0.1) is 0 Å². The highest BCUT2D eigenvalue weighted by molar-refractivity contribution is 5.26. The third-order valence-electron chi connectivity index (χ3n) is 4.09. The van der Waals surface area contributed by atoms with Gasteiger partial charge in [-0.15, -0.1) is 0 Å². The summed E-state index contributed by atoms with van der Waals surface area (Å²) in [6.07, 6.45) is 7.97. The molecule has 0 bridgehead atoms. The van der Waals surface area contributed by atoms with Crippen LogP contribution in [0.5, 0.6) is 0 Å². The maximum Gasteiger partial charge on any atom is 0.106 e. The van der Waals surface area contributed by atoms with Gasteiger partial charge in [-0.2, -0.15) is 0 Å². The summed E-state index contributed by atoms with van der Waals surface area (Å²) in [5.74, 6) is 0. The van der Waals surface area contributed by atoms with Crippen LogP contribution in [0.15, 0.2) is 42.5 Å². The Kier molecular flexibility index (Phi) is 4.78. The van der Waals surface area contributed by atoms with Gasteiger partial charge in [0.05, 0.1) is 6.04 Å². The Hall–Kier alpha value is -1.12. The molecule has 2 heteroatoms. The van der Waals surface area contributed by atoms with Gasteiger partial charge in [0, 0.05) is 0 Å². The number of hydrogen-bond acceptors (Lipinski definition) is 2. The number of rotatable bonds is 4. The summed E-state index contributed by atoms with van der Waals surface area (Å²) < 4.78 is 0. The van der Waals surface area contributed by atoms with Crippen LogP contribution in [-0.4, -0.2) is 29.1 Å². The molecule has 0 spiro atoms. The van der Waals surface area contributed by atoms with Crippen molar-refractivity contribution in [3.63, 3.8) is 0 Å². The molecule has 1 fully saturated rings. The smallest absolute Gasteiger partial charge is 0.106 e. The summed E-state index contributed by atoms with van der Waals surface area (Å²) in [6.45, 7) is 6.12. The highest BCUT2D eigenvalue weighted by atomic mass is 16.3. The molecular formula is C17H25NO. The predicted molar refractivity (Wildman–Crippen MR) is 80.0 cm³/mol. The van der Waals surface area contributed by atoms with Gasteiger partial charge in [0.15, 0.2) is 0 Å². The second-order valence-electron chi connectivity index (χ2n) is 5.58. The summed E-state index contributed by atoms with van der Waals surface area (Å²) in [5.41, 5.74) is 0.147. The van der Waals surface area contributed by atoms with E-state index < -0.39 is 5.60 Å². The fourth-order valence-electron chi connectivity index (χ4n) is 2.99. The maximum atomic E-state index is 11.0. The van der Waals surface area contributed by atoms with Crippen LogP contribution in [0.2, 0.25) is 0 Å². The third kappa shape index (κ3) is 3.26. The minimum absolute atomic E-state index is 0.0557. The average molecular weight is 259 g/mol. The standard InChI is InChI=1S/C17H25NO/c1-3-10-16(18-13-8-5-9-14-18)17(2,19)15-11-6-4-7-12-15/h3-4,6-7,10-12,16,19H,5,8-9,13-14H2,1-2H3/b10-3-. The number of benzene rings is 1. The number of hydrogen-bond donors (Lipinski definition) is 1. The molecule has 1 heterocycles. The normalized spacial score (nSPS) is 22.3. The highest BCUT2D eigenvalue weighted by Crippen LogP contribution is 2.30. The zero-order valence-electron chi connectivity index (χ0n) is 12.0. The van der Waals surface area contributed by atoms with E-state index in [0.717, 1.165) is 18.7 Å². The zero-order valence-corrected chi connectivity index (χ0v) is 12.0. The second kappa shape index (κ2) is 6.36. The molecule has 1 aromatic rings. The molecule has 1 aromatic carbocycles. The van der Waals surface area contributed by atoms with Crippen molar-refractivity contribution in [2.24, 2.45) is 0 Å². The molecule has 2 unspecified atom stereocenters. The summed E-state index contributed by atoms with van der Waals surface area (Å²) in [5, 5.41) is 11.0. The molecule has 2 atom stereocenters. The van der Waals surface area contributed by atoms with Crippen molar-refractivity contribution in [3.8, 4) is 0 Å². The lowest BCUT2D eigenvalue weighted by Gasteiger charge is -2.41. The van der Waals surface area contributed by atoms with Gasteiger partial charge in [-0.05, 0) is 45.3 Å². The van der Waals surface area contributed by atoms with Gasteiger partial charge < -0.3 is 5.11 Å². The lowest BCUT2D eigenvalue weighted by atomic mass is 9.86. The molecule has 104 valence electrons.